The van der Waals surface area contributed by atoms with Gasteiger partial charge in [0, 0.05) is 11.4 Å². The van der Waals surface area contributed by atoms with Crippen LogP contribution in [-0.2, 0) is 5.75 Å². The lowest BCUT2D eigenvalue weighted by Gasteiger charge is -2.10. The number of carbonyl (C=O) groups is 1. The van der Waals surface area contributed by atoms with Crippen LogP contribution < -0.4 is 5.32 Å². The number of halogens is 1. The molecule has 0 saturated heterocycles. The molecule has 3 rings (SSSR count). The van der Waals surface area contributed by atoms with Gasteiger partial charge in [-0.05, 0) is 43.5 Å². The number of thioether (sulfide) groups is 1. The van der Waals surface area contributed by atoms with Crippen LogP contribution in [0.4, 0.5) is 5.69 Å². The summed E-state index contributed by atoms with van der Waals surface area (Å²) >= 11 is 7.64. The van der Waals surface area contributed by atoms with Crippen LogP contribution >= 0.6 is 23.4 Å². The van der Waals surface area contributed by atoms with E-state index < -0.39 is 0 Å². The minimum Gasteiger partial charge on any atom is -0.320 e. The summed E-state index contributed by atoms with van der Waals surface area (Å²) in [6.07, 6.45) is 1.48. The Morgan fingerprint density at radius 3 is 2.52 bits per heavy atom. The summed E-state index contributed by atoms with van der Waals surface area (Å²) in [5.41, 5.74) is 5.37. The van der Waals surface area contributed by atoms with Crippen molar-refractivity contribution in [1.29, 1.82) is 0 Å². The molecule has 138 valence electrons. The minimum absolute atomic E-state index is 0.180. The normalized spacial score (nSPS) is 10.7. The third-order valence-corrected chi connectivity index (χ3v) is 5.28. The molecule has 3 aromatic rings. The Morgan fingerprint density at radius 1 is 1.07 bits per heavy atom. The van der Waals surface area contributed by atoms with Crippen LogP contribution in [0.2, 0.25) is 5.02 Å². The highest BCUT2D eigenvalue weighted by atomic mass is 35.5. The monoisotopic (exact) mass is 397 g/mol. The Bertz CT molecular complexity index is 974. The highest BCUT2D eigenvalue weighted by Gasteiger charge is 2.16. The summed E-state index contributed by atoms with van der Waals surface area (Å²) in [5.74, 6) is 0.383. The van der Waals surface area contributed by atoms with E-state index in [1.807, 2.05) is 32.0 Å². The summed E-state index contributed by atoms with van der Waals surface area (Å²) in [4.78, 5) is 21.3. The smallest absolute Gasteiger partial charge is 0.275 e. The van der Waals surface area contributed by atoms with Crippen molar-refractivity contribution in [2.75, 3.05) is 5.32 Å². The number of rotatable bonds is 5. The van der Waals surface area contributed by atoms with Crippen molar-refractivity contribution in [2.24, 2.45) is 0 Å². The molecule has 1 amide bonds. The maximum atomic E-state index is 12.7. The second-order valence-electron chi connectivity index (χ2n) is 6.40. The minimum atomic E-state index is -0.340. The lowest BCUT2D eigenvalue weighted by molar-refractivity contribution is 0.102. The molecule has 0 bridgehead atoms. The maximum absolute atomic E-state index is 12.7. The fourth-order valence-electron chi connectivity index (χ4n) is 2.46. The van der Waals surface area contributed by atoms with Crippen LogP contribution in [0.5, 0.6) is 0 Å². The van der Waals surface area contributed by atoms with Gasteiger partial charge in [-0.3, -0.25) is 4.79 Å². The topological polar surface area (TPSA) is 54.9 Å². The molecule has 1 heterocycles. The van der Waals surface area contributed by atoms with Crippen LogP contribution in [0.25, 0.3) is 0 Å². The highest BCUT2D eigenvalue weighted by molar-refractivity contribution is 7.98. The van der Waals surface area contributed by atoms with Crippen molar-refractivity contribution in [3.05, 3.63) is 81.6 Å². The summed E-state index contributed by atoms with van der Waals surface area (Å²) in [5, 5.41) is 3.65. The molecule has 0 saturated carbocycles. The summed E-state index contributed by atoms with van der Waals surface area (Å²) in [6, 6.07) is 14.2. The molecule has 27 heavy (non-hydrogen) atoms. The third-order valence-electron chi connectivity index (χ3n) is 4.07. The van der Waals surface area contributed by atoms with Crippen LogP contribution in [-0.4, -0.2) is 15.9 Å². The Morgan fingerprint density at radius 2 is 1.78 bits per heavy atom. The Balaban J connectivity index is 1.75. The zero-order valence-corrected chi connectivity index (χ0v) is 17.0. The number of aromatic nitrogens is 2. The molecule has 4 nitrogen and oxygen atoms in total. The molecule has 6 heteroatoms. The van der Waals surface area contributed by atoms with Gasteiger partial charge >= 0.3 is 0 Å². The number of anilines is 1. The number of hydrogen-bond acceptors (Lipinski definition) is 4. The molecule has 1 aromatic heterocycles. The van der Waals surface area contributed by atoms with Gasteiger partial charge in [-0.2, -0.15) is 0 Å². The van der Waals surface area contributed by atoms with E-state index in [1.165, 1.54) is 29.1 Å². The number of benzene rings is 2. The zero-order chi connectivity index (χ0) is 19.4. The quantitative estimate of drug-likeness (QED) is 0.449. The maximum Gasteiger partial charge on any atom is 0.275 e. The van der Waals surface area contributed by atoms with Crippen LogP contribution in [0.3, 0.4) is 0 Å². The molecular weight excluding hydrogens is 378 g/mol. The van der Waals surface area contributed by atoms with Crippen molar-refractivity contribution >= 4 is 35.0 Å². The lowest BCUT2D eigenvalue weighted by Crippen LogP contribution is -2.16. The molecule has 0 radical (unpaired) electrons. The predicted molar refractivity (Wildman–Crippen MR) is 112 cm³/mol. The predicted octanol–water partition coefficient (Wildman–Crippen LogP) is 5.60. The van der Waals surface area contributed by atoms with E-state index in [4.69, 9.17) is 11.6 Å². The third kappa shape index (κ3) is 5.08. The fraction of sp³-hybridized carbons (Fsp3) is 0.190. The van der Waals surface area contributed by atoms with Gasteiger partial charge in [0.05, 0.1) is 11.2 Å². The molecule has 0 aliphatic rings. The van der Waals surface area contributed by atoms with Gasteiger partial charge in [-0.1, -0.05) is 65.3 Å². The molecule has 2 aromatic carbocycles. The van der Waals surface area contributed by atoms with Crippen molar-refractivity contribution < 1.29 is 4.79 Å². The standard InChI is InChI=1S/C21H20ClN3OS/c1-13-5-8-16(9-6-13)12-27-21-23-11-17(22)19(25-21)20(26)24-18-10-14(2)4-7-15(18)3/h4-11H,12H2,1-3H3,(H,24,26). The second-order valence-corrected chi connectivity index (χ2v) is 7.75. The number of hydrogen-bond donors (Lipinski definition) is 1. The molecule has 0 unspecified atom stereocenters. The number of amides is 1. The fourth-order valence-corrected chi connectivity index (χ4v) is 3.41. The van der Waals surface area contributed by atoms with Gasteiger partial charge in [-0.15, -0.1) is 0 Å². The van der Waals surface area contributed by atoms with E-state index in [1.54, 1.807) is 0 Å². The number of nitrogens with zero attached hydrogens (tertiary/aromatic N) is 2. The molecule has 0 fully saturated rings. The highest BCUT2D eigenvalue weighted by Crippen LogP contribution is 2.24. The van der Waals surface area contributed by atoms with Gasteiger partial charge in [0.2, 0.25) is 0 Å². The van der Waals surface area contributed by atoms with E-state index >= 15 is 0 Å². The Hall–Kier alpha value is -2.37. The van der Waals surface area contributed by atoms with E-state index in [2.05, 4.69) is 46.5 Å². The molecule has 0 atom stereocenters. The molecular formula is C21H20ClN3OS. The number of nitrogens with one attached hydrogen (secondary N) is 1. The average molecular weight is 398 g/mol. The van der Waals surface area contributed by atoms with E-state index in [9.17, 15) is 4.79 Å². The first-order chi connectivity index (χ1) is 12.9. The summed E-state index contributed by atoms with van der Waals surface area (Å²) in [7, 11) is 0. The van der Waals surface area contributed by atoms with Gasteiger partial charge < -0.3 is 5.32 Å². The molecule has 0 aliphatic carbocycles. The molecule has 1 N–H and O–H groups in total. The zero-order valence-electron chi connectivity index (χ0n) is 15.4. The van der Waals surface area contributed by atoms with Crippen LogP contribution in [0, 0.1) is 20.8 Å². The van der Waals surface area contributed by atoms with Crippen molar-refractivity contribution in [3.63, 3.8) is 0 Å². The van der Waals surface area contributed by atoms with E-state index in [0.717, 1.165) is 22.6 Å². The SMILES string of the molecule is Cc1ccc(CSc2ncc(Cl)c(C(=O)Nc3cc(C)ccc3C)n2)cc1. The first-order valence-electron chi connectivity index (χ1n) is 8.52. The van der Waals surface area contributed by atoms with Gasteiger partial charge in [-0.25, -0.2) is 9.97 Å². The summed E-state index contributed by atoms with van der Waals surface area (Å²) in [6.45, 7) is 5.98. The average Bonchev–Trinajstić information content (AvgIpc) is 2.65. The van der Waals surface area contributed by atoms with Crippen molar-refractivity contribution in [3.8, 4) is 0 Å². The van der Waals surface area contributed by atoms with E-state index in [0.29, 0.717) is 5.16 Å². The van der Waals surface area contributed by atoms with Crippen LogP contribution in [0.15, 0.2) is 53.8 Å². The van der Waals surface area contributed by atoms with Gasteiger partial charge in [0.25, 0.3) is 5.91 Å². The molecule has 0 aliphatic heterocycles. The second kappa shape index (κ2) is 8.55. The van der Waals surface area contributed by atoms with Gasteiger partial charge in [0.1, 0.15) is 0 Å². The van der Waals surface area contributed by atoms with Gasteiger partial charge in [0.15, 0.2) is 10.9 Å². The first-order valence-corrected chi connectivity index (χ1v) is 9.88. The van der Waals surface area contributed by atoms with Crippen molar-refractivity contribution in [1.82, 2.24) is 9.97 Å². The lowest BCUT2D eigenvalue weighted by atomic mass is 10.1. The van der Waals surface area contributed by atoms with Crippen LogP contribution in [0.1, 0.15) is 32.7 Å². The Labute approximate surface area is 168 Å². The van der Waals surface area contributed by atoms with E-state index in [-0.39, 0.29) is 16.6 Å². The summed E-state index contributed by atoms with van der Waals surface area (Å²) < 4.78 is 0. The molecule has 0 spiro atoms. The number of aryl methyl sites for hydroxylation is 3. The first kappa shape index (κ1) is 19.4. The Kier molecular flexibility index (Phi) is 6.14. The van der Waals surface area contributed by atoms with Crippen molar-refractivity contribution in [2.45, 2.75) is 31.7 Å². The largest absolute Gasteiger partial charge is 0.320 e. The number of carbonyl (C=O) groups excluding carboxylic acids is 1.